The maximum absolute atomic E-state index is 12.5. The average Bonchev–Trinajstić information content (AvgIpc) is 2.77. The summed E-state index contributed by atoms with van der Waals surface area (Å²) in [5, 5.41) is 14.3. The van der Waals surface area contributed by atoms with Gasteiger partial charge in [-0.25, -0.2) is 9.59 Å². The number of benzene rings is 2. The lowest BCUT2D eigenvalue weighted by Crippen LogP contribution is -2.54. The largest absolute Gasteiger partial charge is 0.467 e. The van der Waals surface area contributed by atoms with E-state index in [2.05, 4.69) is 33.2 Å². The van der Waals surface area contributed by atoms with Gasteiger partial charge in [0, 0.05) is 9.99 Å². The molecule has 2 aromatic rings. The summed E-state index contributed by atoms with van der Waals surface area (Å²) in [5.74, 6) is -1.36. The lowest BCUT2D eigenvalue weighted by atomic mass is 10.1. The van der Waals surface area contributed by atoms with Gasteiger partial charge in [-0.2, -0.15) is 0 Å². The number of hydrogen-bond donors (Lipinski definition) is 3. The monoisotopic (exact) mass is 526 g/mol. The molecule has 2 rings (SSSR count). The van der Waals surface area contributed by atoms with Crippen molar-refractivity contribution in [3.05, 3.63) is 69.3 Å². The van der Waals surface area contributed by atoms with Gasteiger partial charge in [0.05, 0.1) is 13.7 Å². The van der Waals surface area contributed by atoms with Crippen molar-refractivity contribution >= 4 is 40.6 Å². The van der Waals surface area contributed by atoms with Gasteiger partial charge in [-0.3, -0.25) is 4.79 Å². The Labute approximate surface area is 188 Å². The van der Waals surface area contributed by atoms with Crippen LogP contribution in [0.5, 0.6) is 0 Å². The fraction of sp³-hybridized carbons (Fsp3) is 0.286. The maximum Gasteiger partial charge on any atom is 0.408 e. The van der Waals surface area contributed by atoms with Crippen molar-refractivity contribution in [2.24, 2.45) is 0 Å². The van der Waals surface area contributed by atoms with E-state index in [0.717, 1.165) is 14.7 Å². The Hall–Kier alpha value is -2.66. The predicted molar refractivity (Wildman–Crippen MR) is 117 cm³/mol. The van der Waals surface area contributed by atoms with Gasteiger partial charge in [-0.05, 0) is 39.8 Å². The number of rotatable bonds is 9. The molecular weight excluding hydrogens is 503 g/mol. The quantitative estimate of drug-likeness (QED) is 0.339. The minimum absolute atomic E-state index is 0.0175. The molecule has 0 aliphatic carbocycles. The van der Waals surface area contributed by atoms with Crippen molar-refractivity contribution in [3.63, 3.8) is 0 Å². The molecular formula is C21H23IN2O6. The molecule has 0 heterocycles. The highest BCUT2D eigenvalue weighted by Crippen LogP contribution is 2.14. The lowest BCUT2D eigenvalue weighted by molar-refractivity contribution is -0.145. The first kappa shape index (κ1) is 23.6. The van der Waals surface area contributed by atoms with Gasteiger partial charge in [0.25, 0.3) is 0 Å². The molecule has 0 spiro atoms. The van der Waals surface area contributed by atoms with Crippen LogP contribution in [-0.2, 0) is 32.1 Å². The SMILES string of the molecule is COC(=O)[C@@H](Cc1ccccc1I)NC(=O)[C@H](CO)NC(=O)OCc1ccccc1. The zero-order valence-corrected chi connectivity index (χ0v) is 18.5. The molecule has 0 aliphatic rings. The molecule has 2 aromatic carbocycles. The number of aliphatic hydroxyl groups is 1. The summed E-state index contributed by atoms with van der Waals surface area (Å²) < 4.78 is 10.8. The number of esters is 1. The Morgan fingerprint density at radius 3 is 2.30 bits per heavy atom. The van der Waals surface area contributed by atoms with E-state index in [-0.39, 0.29) is 13.0 Å². The molecule has 160 valence electrons. The molecule has 0 fully saturated rings. The maximum atomic E-state index is 12.5. The van der Waals surface area contributed by atoms with Crippen LogP contribution in [0.4, 0.5) is 4.79 Å². The highest BCUT2D eigenvalue weighted by Gasteiger charge is 2.28. The third-order valence-electron chi connectivity index (χ3n) is 4.19. The highest BCUT2D eigenvalue weighted by atomic mass is 127. The first-order valence-corrected chi connectivity index (χ1v) is 10.2. The van der Waals surface area contributed by atoms with Gasteiger partial charge >= 0.3 is 12.1 Å². The molecule has 0 bridgehead atoms. The molecule has 0 saturated heterocycles. The molecule has 0 aromatic heterocycles. The van der Waals surface area contributed by atoms with Crippen molar-refractivity contribution in [2.75, 3.05) is 13.7 Å². The van der Waals surface area contributed by atoms with Crippen LogP contribution in [0.3, 0.4) is 0 Å². The summed E-state index contributed by atoms with van der Waals surface area (Å²) in [4.78, 5) is 36.7. The van der Waals surface area contributed by atoms with Gasteiger partial charge in [0.15, 0.2) is 0 Å². The number of ether oxygens (including phenoxy) is 2. The van der Waals surface area contributed by atoms with Gasteiger partial charge in [0.1, 0.15) is 18.7 Å². The Morgan fingerprint density at radius 2 is 1.67 bits per heavy atom. The zero-order valence-electron chi connectivity index (χ0n) is 16.3. The number of carbonyl (C=O) groups is 3. The van der Waals surface area contributed by atoms with Crippen LogP contribution >= 0.6 is 22.6 Å². The molecule has 9 heteroatoms. The van der Waals surface area contributed by atoms with E-state index >= 15 is 0 Å². The van der Waals surface area contributed by atoms with Crippen molar-refractivity contribution in [2.45, 2.75) is 25.1 Å². The average molecular weight is 526 g/mol. The first-order chi connectivity index (χ1) is 14.4. The number of alkyl carbamates (subject to hydrolysis) is 1. The van der Waals surface area contributed by atoms with Crippen LogP contribution in [0.25, 0.3) is 0 Å². The second-order valence-corrected chi connectivity index (χ2v) is 7.48. The van der Waals surface area contributed by atoms with E-state index in [1.165, 1.54) is 7.11 Å². The van der Waals surface area contributed by atoms with Crippen molar-refractivity contribution in [1.29, 1.82) is 0 Å². The number of methoxy groups -OCH3 is 1. The number of carbonyl (C=O) groups excluding carboxylic acids is 3. The Bertz CT molecular complexity index is 862. The Morgan fingerprint density at radius 1 is 1.00 bits per heavy atom. The molecule has 30 heavy (non-hydrogen) atoms. The summed E-state index contributed by atoms with van der Waals surface area (Å²) >= 11 is 2.14. The van der Waals surface area contributed by atoms with Crippen LogP contribution in [-0.4, -0.2) is 48.9 Å². The Kier molecular flexibility index (Phi) is 9.55. The summed E-state index contributed by atoms with van der Waals surface area (Å²) in [6.07, 6.45) is -0.658. The van der Waals surface area contributed by atoms with E-state index in [9.17, 15) is 19.5 Å². The zero-order chi connectivity index (χ0) is 21.9. The summed E-state index contributed by atoms with van der Waals surface area (Å²) in [6, 6.07) is 14.2. The molecule has 0 unspecified atom stereocenters. The first-order valence-electron chi connectivity index (χ1n) is 9.14. The predicted octanol–water partition coefficient (Wildman–Crippen LogP) is 1.78. The van der Waals surface area contributed by atoms with Crippen molar-refractivity contribution in [3.8, 4) is 0 Å². The van der Waals surface area contributed by atoms with Gasteiger partial charge in [-0.1, -0.05) is 48.5 Å². The number of aliphatic hydroxyl groups excluding tert-OH is 1. The summed E-state index contributed by atoms with van der Waals surface area (Å²) in [6.45, 7) is -0.646. The van der Waals surface area contributed by atoms with Gasteiger partial charge in [0.2, 0.25) is 5.91 Å². The van der Waals surface area contributed by atoms with E-state index in [1.54, 1.807) is 24.3 Å². The van der Waals surface area contributed by atoms with Gasteiger partial charge < -0.3 is 25.2 Å². The third-order valence-corrected chi connectivity index (χ3v) is 5.24. The van der Waals surface area contributed by atoms with Crippen LogP contribution in [0.2, 0.25) is 0 Å². The Balaban J connectivity index is 1.96. The minimum atomic E-state index is -1.28. The second-order valence-electron chi connectivity index (χ2n) is 6.32. The highest BCUT2D eigenvalue weighted by molar-refractivity contribution is 14.1. The molecule has 0 aliphatic heterocycles. The number of hydrogen-bond acceptors (Lipinski definition) is 6. The fourth-order valence-electron chi connectivity index (χ4n) is 2.59. The van der Waals surface area contributed by atoms with Crippen molar-refractivity contribution < 1.29 is 29.0 Å². The minimum Gasteiger partial charge on any atom is -0.467 e. The number of amides is 2. The molecule has 0 saturated carbocycles. The van der Waals surface area contributed by atoms with Crippen LogP contribution in [0.1, 0.15) is 11.1 Å². The number of halogens is 1. The van der Waals surface area contributed by atoms with E-state index in [0.29, 0.717) is 0 Å². The molecule has 3 N–H and O–H groups in total. The lowest BCUT2D eigenvalue weighted by Gasteiger charge is -2.21. The van der Waals surface area contributed by atoms with E-state index in [1.807, 2.05) is 30.3 Å². The van der Waals surface area contributed by atoms with Gasteiger partial charge in [-0.15, -0.1) is 0 Å². The topological polar surface area (TPSA) is 114 Å². The molecule has 8 nitrogen and oxygen atoms in total. The van der Waals surface area contributed by atoms with Crippen LogP contribution < -0.4 is 10.6 Å². The summed E-state index contributed by atoms with van der Waals surface area (Å²) in [7, 11) is 1.22. The third kappa shape index (κ3) is 7.30. The normalized spacial score (nSPS) is 12.4. The second kappa shape index (κ2) is 12.1. The molecule has 2 atom stereocenters. The summed E-state index contributed by atoms with van der Waals surface area (Å²) in [5.41, 5.74) is 1.63. The van der Waals surface area contributed by atoms with Crippen LogP contribution in [0.15, 0.2) is 54.6 Å². The van der Waals surface area contributed by atoms with E-state index < -0.39 is 36.7 Å². The van der Waals surface area contributed by atoms with Crippen LogP contribution in [0, 0.1) is 3.57 Å². The van der Waals surface area contributed by atoms with E-state index in [4.69, 9.17) is 9.47 Å². The molecule has 2 amide bonds. The molecule has 0 radical (unpaired) electrons. The smallest absolute Gasteiger partial charge is 0.408 e. The standard InChI is InChI=1S/C21H23IN2O6/c1-29-20(27)17(11-15-9-5-6-10-16(15)22)23-19(26)18(12-25)24-21(28)30-13-14-7-3-2-4-8-14/h2-10,17-18,25H,11-13H2,1H3,(H,23,26)(H,24,28)/t17-,18+/m1/s1. The number of nitrogens with one attached hydrogen (secondary N) is 2. The van der Waals surface area contributed by atoms with Crippen molar-refractivity contribution in [1.82, 2.24) is 10.6 Å². The fourth-order valence-corrected chi connectivity index (χ4v) is 3.20.